The van der Waals surface area contributed by atoms with Crippen molar-refractivity contribution < 1.29 is 19.5 Å². The zero-order chi connectivity index (χ0) is 16.9. The van der Waals surface area contributed by atoms with E-state index < -0.39 is 29.0 Å². The normalized spacial score (nSPS) is 22.0. The van der Waals surface area contributed by atoms with Crippen LogP contribution in [-0.2, 0) is 15.1 Å². The molecule has 1 aromatic carbocycles. The van der Waals surface area contributed by atoms with Gasteiger partial charge in [0.05, 0.1) is 0 Å². The molecule has 118 valence electrons. The summed E-state index contributed by atoms with van der Waals surface area (Å²) in [4.78, 5) is 37.0. The van der Waals surface area contributed by atoms with Gasteiger partial charge in [-0.1, -0.05) is 23.7 Å². The van der Waals surface area contributed by atoms with Gasteiger partial charge in [0, 0.05) is 5.02 Å². The maximum atomic E-state index is 12.7. The number of benzene rings is 1. The molecule has 2 rings (SSSR count). The fourth-order valence-corrected chi connectivity index (χ4v) is 2.51. The largest absolute Gasteiger partial charge is 0.480 e. The van der Waals surface area contributed by atoms with Gasteiger partial charge in [0.1, 0.15) is 11.1 Å². The van der Waals surface area contributed by atoms with Crippen molar-refractivity contribution in [1.82, 2.24) is 10.2 Å². The minimum atomic E-state index is -1.64. The summed E-state index contributed by atoms with van der Waals surface area (Å²) in [5, 5.41) is 12.4. The van der Waals surface area contributed by atoms with Crippen LogP contribution in [0.25, 0.3) is 0 Å². The molecule has 0 radical (unpaired) electrons. The van der Waals surface area contributed by atoms with E-state index in [-0.39, 0.29) is 0 Å². The highest BCUT2D eigenvalue weighted by molar-refractivity contribution is 6.31. The predicted molar refractivity (Wildman–Crippen MR) is 80.6 cm³/mol. The van der Waals surface area contributed by atoms with Crippen molar-refractivity contribution in [2.45, 2.75) is 38.8 Å². The number of amides is 3. The lowest BCUT2D eigenvalue weighted by Crippen LogP contribution is -2.54. The van der Waals surface area contributed by atoms with E-state index in [0.717, 1.165) is 10.5 Å². The number of rotatable bonds is 3. The van der Waals surface area contributed by atoms with Gasteiger partial charge < -0.3 is 10.4 Å². The molecule has 0 aromatic heterocycles. The molecule has 1 heterocycles. The summed E-state index contributed by atoms with van der Waals surface area (Å²) >= 11 is 5.98. The average molecular weight is 325 g/mol. The van der Waals surface area contributed by atoms with Gasteiger partial charge in [-0.15, -0.1) is 0 Å². The van der Waals surface area contributed by atoms with Crippen LogP contribution in [0.5, 0.6) is 0 Å². The summed E-state index contributed by atoms with van der Waals surface area (Å²) < 4.78 is 0. The van der Waals surface area contributed by atoms with Crippen molar-refractivity contribution in [2.24, 2.45) is 0 Å². The Hall–Kier alpha value is -2.08. The summed E-state index contributed by atoms with van der Waals surface area (Å²) in [5.74, 6) is -1.86. The monoisotopic (exact) mass is 324 g/mol. The molecule has 1 fully saturated rings. The number of aliphatic carboxylic acids is 1. The Kier molecular flexibility index (Phi) is 3.69. The van der Waals surface area contributed by atoms with Crippen molar-refractivity contribution in [3.8, 4) is 0 Å². The molecule has 0 bridgehead atoms. The number of carbonyl (C=O) groups excluding carboxylic acids is 2. The first kappa shape index (κ1) is 16.3. The van der Waals surface area contributed by atoms with Crippen molar-refractivity contribution >= 4 is 29.5 Å². The number of hydrogen-bond acceptors (Lipinski definition) is 3. The number of carboxylic acids is 1. The Morgan fingerprint density at radius 3 is 2.45 bits per heavy atom. The molecule has 7 heteroatoms. The topological polar surface area (TPSA) is 86.7 Å². The SMILES string of the molecule is Cc1cc(C2(C)NC(=O)N(C(C)(C)C(=O)O)C2=O)ccc1Cl. The Morgan fingerprint density at radius 1 is 1.36 bits per heavy atom. The molecule has 6 nitrogen and oxygen atoms in total. The van der Waals surface area contributed by atoms with E-state index in [4.69, 9.17) is 11.6 Å². The fraction of sp³-hybridized carbons (Fsp3) is 0.400. The van der Waals surface area contributed by atoms with E-state index in [1.54, 1.807) is 32.0 Å². The van der Waals surface area contributed by atoms with Crippen LogP contribution < -0.4 is 5.32 Å². The van der Waals surface area contributed by atoms with E-state index in [9.17, 15) is 19.5 Å². The van der Waals surface area contributed by atoms with E-state index in [0.29, 0.717) is 10.6 Å². The molecular formula is C15H17ClN2O4. The highest BCUT2D eigenvalue weighted by Gasteiger charge is 2.56. The molecule has 1 atom stereocenters. The van der Waals surface area contributed by atoms with Crippen LogP contribution in [0.15, 0.2) is 18.2 Å². The first-order chi connectivity index (χ1) is 10.0. The summed E-state index contributed by atoms with van der Waals surface area (Å²) in [7, 11) is 0. The maximum absolute atomic E-state index is 12.7. The average Bonchev–Trinajstić information content (AvgIpc) is 2.64. The quantitative estimate of drug-likeness (QED) is 0.835. The van der Waals surface area contributed by atoms with Gasteiger partial charge in [-0.3, -0.25) is 4.79 Å². The van der Waals surface area contributed by atoms with Gasteiger partial charge in [0.15, 0.2) is 0 Å². The Labute approximate surface area is 133 Å². The number of imide groups is 1. The molecule has 2 N–H and O–H groups in total. The van der Waals surface area contributed by atoms with Gasteiger partial charge in [-0.05, 0) is 44.9 Å². The van der Waals surface area contributed by atoms with Crippen molar-refractivity contribution in [2.75, 3.05) is 0 Å². The zero-order valence-electron chi connectivity index (χ0n) is 12.7. The second kappa shape index (κ2) is 4.98. The molecule has 3 amide bonds. The molecule has 1 aliphatic heterocycles. The molecule has 0 spiro atoms. The van der Waals surface area contributed by atoms with Gasteiger partial charge in [-0.25, -0.2) is 14.5 Å². The lowest BCUT2D eigenvalue weighted by molar-refractivity contribution is -0.153. The molecule has 1 saturated heterocycles. The molecule has 1 aromatic rings. The summed E-state index contributed by atoms with van der Waals surface area (Å²) in [5.41, 5.74) is -1.64. The zero-order valence-corrected chi connectivity index (χ0v) is 13.5. The number of carbonyl (C=O) groups is 3. The van der Waals surface area contributed by atoms with Crippen molar-refractivity contribution in [3.05, 3.63) is 34.3 Å². The first-order valence-corrected chi connectivity index (χ1v) is 7.06. The van der Waals surface area contributed by atoms with Crippen LogP contribution in [0.1, 0.15) is 31.9 Å². The highest BCUT2D eigenvalue weighted by atomic mass is 35.5. The standard InChI is InChI=1S/C15H17ClN2O4/c1-8-7-9(5-6-10(8)16)15(4)11(19)18(13(22)17-15)14(2,3)12(20)21/h5-7H,1-4H3,(H,17,22)(H,20,21). The second-order valence-electron chi connectivity index (χ2n) is 6.02. The summed E-state index contributed by atoms with van der Waals surface area (Å²) in [6.45, 7) is 5.96. The van der Waals surface area contributed by atoms with Crippen LogP contribution in [-0.4, -0.2) is 33.5 Å². The van der Waals surface area contributed by atoms with E-state index >= 15 is 0 Å². The molecule has 1 aliphatic rings. The number of aryl methyl sites for hydroxylation is 1. The van der Waals surface area contributed by atoms with Crippen LogP contribution in [0, 0.1) is 6.92 Å². The molecular weight excluding hydrogens is 308 g/mol. The molecule has 1 unspecified atom stereocenters. The molecule has 22 heavy (non-hydrogen) atoms. The van der Waals surface area contributed by atoms with Crippen LogP contribution in [0.3, 0.4) is 0 Å². The van der Waals surface area contributed by atoms with Gasteiger partial charge in [0.2, 0.25) is 0 Å². The lowest BCUT2D eigenvalue weighted by atomic mass is 9.90. The number of carboxylic acid groups (broad SMARTS) is 1. The van der Waals surface area contributed by atoms with Gasteiger partial charge in [-0.2, -0.15) is 0 Å². The minimum Gasteiger partial charge on any atom is -0.480 e. The van der Waals surface area contributed by atoms with Gasteiger partial charge >= 0.3 is 12.0 Å². The second-order valence-corrected chi connectivity index (χ2v) is 6.43. The van der Waals surface area contributed by atoms with Gasteiger partial charge in [0.25, 0.3) is 5.91 Å². The Balaban J connectivity index is 2.50. The Bertz CT molecular complexity index is 686. The molecule has 0 saturated carbocycles. The number of halogens is 1. The highest BCUT2D eigenvalue weighted by Crippen LogP contribution is 2.34. The smallest absolute Gasteiger partial charge is 0.329 e. The third-order valence-corrected chi connectivity index (χ3v) is 4.43. The third kappa shape index (κ3) is 2.23. The van der Waals surface area contributed by atoms with Crippen LogP contribution >= 0.6 is 11.6 Å². The number of hydrogen-bond donors (Lipinski definition) is 2. The van der Waals surface area contributed by atoms with Crippen molar-refractivity contribution in [3.63, 3.8) is 0 Å². The molecule has 0 aliphatic carbocycles. The Morgan fingerprint density at radius 2 is 1.95 bits per heavy atom. The van der Waals surface area contributed by atoms with Crippen molar-refractivity contribution in [1.29, 1.82) is 0 Å². The minimum absolute atomic E-state index is 0.548. The third-order valence-electron chi connectivity index (χ3n) is 4.01. The van der Waals surface area contributed by atoms with Crippen LogP contribution in [0.2, 0.25) is 5.02 Å². The number of nitrogens with zero attached hydrogens (tertiary/aromatic N) is 1. The summed E-state index contributed by atoms with van der Waals surface area (Å²) in [6.07, 6.45) is 0. The fourth-order valence-electron chi connectivity index (χ4n) is 2.39. The van der Waals surface area contributed by atoms with Crippen LogP contribution in [0.4, 0.5) is 4.79 Å². The summed E-state index contributed by atoms with van der Waals surface area (Å²) in [6, 6.07) is 4.26. The van der Waals surface area contributed by atoms with E-state index in [1.807, 2.05) is 0 Å². The first-order valence-electron chi connectivity index (χ1n) is 6.68. The van der Waals surface area contributed by atoms with E-state index in [1.165, 1.54) is 13.8 Å². The van der Waals surface area contributed by atoms with E-state index in [2.05, 4.69) is 5.32 Å². The number of nitrogens with one attached hydrogen (secondary N) is 1. The lowest BCUT2D eigenvalue weighted by Gasteiger charge is -2.30. The number of urea groups is 1. The predicted octanol–water partition coefficient (Wildman–Crippen LogP) is 2.28. The maximum Gasteiger partial charge on any atom is 0.329 e.